The molecule has 7 heteroatoms. The first-order chi connectivity index (χ1) is 17.2. The third kappa shape index (κ3) is 4.91. The van der Waals surface area contributed by atoms with E-state index in [4.69, 9.17) is 0 Å². The minimum atomic E-state index is -0.945. The number of carbonyl (C=O) groups is 2. The van der Waals surface area contributed by atoms with Gasteiger partial charge in [-0.3, -0.25) is 9.59 Å². The van der Waals surface area contributed by atoms with Gasteiger partial charge in [0.2, 0.25) is 5.91 Å². The van der Waals surface area contributed by atoms with Crippen molar-refractivity contribution in [3.63, 3.8) is 0 Å². The molecule has 1 aromatic carbocycles. The first kappa shape index (κ1) is 25.2. The Hall–Kier alpha value is -2.41. The summed E-state index contributed by atoms with van der Waals surface area (Å²) in [5.41, 5.74) is 0.782. The van der Waals surface area contributed by atoms with E-state index < -0.39 is 5.54 Å². The molecule has 0 radical (unpaired) electrons. The second-order valence-electron chi connectivity index (χ2n) is 12.2. The van der Waals surface area contributed by atoms with E-state index in [-0.39, 0.29) is 17.9 Å². The molecule has 36 heavy (non-hydrogen) atoms. The van der Waals surface area contributed by atoms with Crippen molar-refractivity contribution in [2.24, 2.45) is 17.8 Å². The molecule has 0 spiro atoms. The Morgan fingerprint density at radius 3 is 2.44 bits per heavy atom. The summed E-state index contributed by atoms with van der Waals surface area (Å²) < 4.78 is 1.96. The van der Waals surface area contributed by atoms with Gasteiger partial charge >= 0.3 is 0 Å². The summed E-state index contributed by atoms with van der Waals surface area (Å²) in [6.07, 6.45) is 6.47. The van der Waals surface area contributed by atoms with Gasteiger partial charge in [0.25, 0.3) is 5.91 Å². The number of hydrogen-bond acceptors (Lipinski definition) is 4. The highest BCUT2D eigenvalue weighted by Crippen LogP contribution is 2.32. The molecule has 1 saturated carbocycles. The Morgan fingerprint density at radius 2 is 1.72 bits per heavy atom. The number of para-hydroxylation sites is 2. The summed E-state index contributed by atoms with van der Waals surface area (Å²) in [6.45, 7) is 13.1. The van der Waals surface area contributed by atoms with Gasteiger partial charge in [0.05, 0.1) is 17.6 Å². The summed E-state index contributed by atoms with van der Waals surface area (Å²) in [5.74, 6) is 2.43. The normalized spacial score (nSPS) is 31.4. The molecule has 2 aromatic rings. The maximum Gasteiger partial charge on any atom is 0.290 e. The molecule has 5 rings (SSSR count). The molecule has 1 saturated heterocycles. The summed E-state index contributed by atoms with van der Waals surface area (Å²) in [7, 11) is 0. The van der Waals surface area contributed by atoms with Crippen molar-refractivity contribution in [1.82, 2.24) is 24.7 Å². The molecule has 0 bridgehead atoms. The predicted octanol–water partition coefficient (Wildman–Crippen LogP) is 4.31. The van der Waals surface area contributed by atoms with Gasteiger partial charge < -0.3 is 19.7 Å². The molecule has 196 valence electrons. The third-order valence-electron chi connectivity index (χ3n) is 8.79. The second kappa shape index (κ2) is 10.2. The fourth-order valence-electron chi connectivity index (χ4n) is 6.85. The Bertz CT molecular complexity index is 1090. The Kier molecular flexibility index (Phi) is 7.12. The molecule has 2 fully saturated rings. The number of imidazole rings is 1. The number of hydrogen-bond donors (Lipinski definition) is 1. The fraction of sp³-hybridized carbons (Fsp3) is 0.690. The highest BCUT2D eigenvalue weighted by atomic mass is 16.2. The van der Waals surface area contributed by atoms with Gasteiger partial charge in [0.1, 0.15) is 5.54 Å². The first-order valence-electron chi connectivity index (χ1n) is 14.0. The van der Waals surface area contributed by atoms with Gasteiger partial charge in [0.15, 0.2) is 5.82 Å². The van der Waals surface area contributed by atoms with E-state index in [0.717, 1.165) is 68.7 Å². The van der Waals surface area contributed by atoms with Crippen molar-refractivity contribution in [2.45, 2.75) is 84.3 Å². The maximum absolute atomic E-state index is 13.9. The fourth-order valence-corrected chi connectivity index (χ4v) is 6.85. The minimum Gasteiger partial charge on any atom is -0.351 e. The molecule has 0 unspecified atom stereocenters. The number of carbonyl (C=O) groups excluding carboxylic acids is 2. The summed E-state index contributed by atoms with van der Waals surface area (Å²) in [5, 5.41) is 3.35. The minimum absolute atomic E-state index is 0.0287. The first-order valence-corrected chi connectivity index (χ1v) is 14.0. The number of aromatic nitrogens is 2. The van der Waals surface area contributed by atoms with Gasteiger partial charge in [-0.05, 0) is 81.9 Å². The van der Waals surface area contributed by atoms with Crippen LogP contribution in [-0.4, -0.2) is 68.9 Å². The van der Waals surface area contributed by atoms with Crippen molar-refractivity contribution in [2.75, 3.05) is 26.2 Å². The number of nitrogens with one attached hydrogen (secondary N) is 1. The molecule has 1 N–H and O–H groups in total. The van der Waals surface area contributed by atoms with E-state index in [1.165, 1.54) is 6.42 Å². The number of likely N-dealkylation sites (tertiary alicyclic amines) is 1. The van der Waals surface area contributed by atoms with E-state index in [1.807, 2.05) is 40.7 Å². The number of piperidine rings is 1. The van der Waals surface area contributed by atoms with Gasteiger partial charge in [-0.2, -0.15) is 0 Å². The van der Waals surface area contributed by atoms with Crippen LogP contribution in [0, 0.1) is 17.8 Å². The molecule has 2 aliphatic heterocycles. The molecule has 1 aromatic heterocycles. The van der Waals surface area contributed by atoms with Crippen molar-refractivity contribution in [3.8, 4) is 0 Å². The van der Waals surface area contributed by atoms with Crippen LogP contribution in [0.5, 0.6) is 0 Å². The Balaban J connectivity index is 1.37. The zero-order valence-corrected chi connectivity index (χ0v) is 22.5. The second-order valence-corrected chi connectivity index (χ2v) is 12.2. The van der Waals surface area contributed by atoms with E-state index in [0.29, 0.717) is 30.7 Å². The van der Waals surface area contributed by atoms with Crippen molar-refractivity contribution in [1.29, 1.82) is 0 Å². The third-order valence-corrected chi connectivity index (χ3v) is 8.79. The summed E-state index contributed by atoms with van der Waals surface area (Å²) in [4.78, 5) is 36.8. The smallest absolute Gasteiger partial charge is 0.290 e. The number of rotatable bonds is 6. The molecule has 1 aliphatic carbocycles. The van der Waals surface area contributed by atoms with Crippen LogP contribution >= 0.6 is 0 Å². The lowest BCUT2D eigenvalue weighted by Crippen LogP contribution is -2.65. The average molecular weight is 494 g/mol. The van der Waals surface area contributed by atoms with Crippen LogP contribution in [-0.2, 0) is 11.3 Å². The number of amides is 2. The molecule has 7 nitrogen and oxygen atoms in total. The number of fused-ring (bicyclic) bond motifs is 3. The highest BCUT2D eigenvalue weighted by molar-refractivity contribution is 6.01. The SMILES string of the molecule is CC1CCC(NC(=O)[C@]2(C)Cn3c(nc4ccccc43)C(=O)N2CCCN2C[C@H](C)C[C@H](C)C2)CC1. The van der Waals surface area contributed by atoms with Gasteiger partial charge in [-0.1, -0.05) is 32.9 Å². The van der Waals surface area contributed by atoms with Crippen LogP contribution < -0.4 is 5.32 Å². The van der Waals surface area contributed by atoms with Gasteiger partial charge in [0, 0.05) is 25.7 Å². The van der Waals surface area contributed by atoms with Gasteiger partial charge in [-0.25, -0.2) is 4.98 Å². The summed E-state index contributed by atoms with van der Waals surface area (Å²) in [6, 6.07) is 8.04. The largest absolute Gasteiger partial charge is 0.351 e. The predicted molar refractivity (Wildman–Crippen MR) is 143 cm³/mol. The van der Waals surface area contributed by atoms with Crippen LogP contribution in [0.15, 0.2) is 24.3 Å². The Labute approximate surface area is 215 Å². The zero-order chi connectivity index (χ0) is 25.4. The van der Waals surface area contributed by atoms with Crippen LogP contribution in [0.4, 0.5) is 0 Å². The lowest BCUT2D eigenvalue weighted by Gasteiger charge is -2.45. The van der Waals surface area contributed by atoms with Crippen LogP contribution in [0.25, 0.3) is 11.0 Å². The molecular weight excluding hydrogens is 450 g/mol. The lowest BCUT2D eigenvalue weighted by molar-refractivity contribution is -0.134. The molecule has 2 amide bonds. The molecule has 3 atom stereocenters. The molecule has 3 aliphatic rings. The average Bonchev–Trinajstić information content (AvgIpc) is 3.20. The van der Waals surface area contributed by atoms with Crippen molar-refractivity contribution in [3.05, 3.63) is 30.1 Å². The highest BCUT2D eigenvalue weighted by Gasteiger charge is 2.48. The van der Waals surface area contributed by atoms with Crippen molar-refractivity contribution >= 4 is 22.8 Å². The number of nitrogens with zero attached hydrogens (tertiary/aromatic N) is 4. The summed E-state index contributed by atoms with van der Waals surface area (Å²) >= 11 is 0. The molecular formula is C29H43N5O2. The topological polar surface area (TPSA) is 70.5 Å². The quantitative estimate of drug-likeness (QED) is 0.651. The van der Waals surface area contributed by atoms with E-state index in [9.17, 15) is 9.59 Å². The van der Waals surface area contributed by atoms with Crippen LogP contribution in [0.2, 0.25) is 0 Å². The number of benzene rings is 1. The lowest BCUT2D eigenvalue weighted by atomic mass is 9.86. The maximum atomic E-state index is 13.9. The van der Waals surface area contributed by atoms with E-state index >= 15 is 0 Å². The standard InChI is InChI=1S/C29H43N5O2/c1-20-10-12-23(13-11-20)30-28(36)29(4)19-33-25-9-6-5-8-24(25)31-26(33)27(35)34(29)15-7-14-32-17-21(2)16-22(3)18-32/h5-6,8-9,20-23H,7,10-19H2,1-4H3,(H,30,36)/t20?,21-,22+,23?,29-/m0/s1. The van der Waals surface area contributed by atoms with E-state index in [1.54, 1.807) is 0 Å². The monoisotopic (exact) mass is 493 g/mol. The van der Waals surface area contributed by atoms with Crippen LogP contribution in [0.3, 0.4) is 0 Å². The van der Waals surface area contributed by atoms with Crippen LogP contribution in [0.1, 0.15) is 76.8 Å². The Morgan fingerprint density at radius 1 is 1.03 bits per heavy atom. The molecule has 3 heterocycles. The van der Waals surface area contributed by atoms with Crippen molar-refractivity contribution < 1.29 is 9.59 Å². The van der Waals surface area contributed by atoms with Gasteiger partial charge in [-0.15, -0.1) is 0 Å². The zero-order valence-electron chi connectivity index (χ0n) is 22.5. The van der Waals surface area contributed by atoms with E-state index in [2.05, 4.69) is 36.0 Å².